The van der Waals surface area contributed by atoms with Crippen molar-refractivity contribution in [1.29, 1.82) is 0 Å². The van der Waals surface area contributed by atoms with Gasteiger partial charge in [0, 0.05) is 22.2 Å². The largest absolute Gasteiger partial charge is 0.317 e. The van der Waals surface area contributed by atoms with Crippen LogP contribution in [-0.2, 0) is 5.41 Å². The van der Waals surface area contributed by atoms with Gasteiger partial charge in [0.25, 0.3) is 0 Å². The van der Waals surface area contributed by atoms with Crippen LogP contribution in [0.1, 0.15) is 34.7 Å². The quantitative estimate of drug-likeness (QED) is 0.782. The van der Waals surface area contributed by atoms with E-state index in [2.05, 4.69) is 60.1 Å². The molecule has 0 aliphatic carbocycles. The van der Waals surface area contributed by atoms with Crippen LogP contribution in [0.2, 0.25) is 0 Å². The van der Waals surface area contributed by atoms with Gasteiger partial charge in [0.05, 0.1) is 5.69 Å². The molecular formula is C18H21N3S. The number of imidazole rings is 1. The van der Waals surface area contributed by atoms with Gasteiger partial charge in [-0.1, -0.05) is 30.3 Å². The van der Waals surface area contributed by atoms with E-state index >= 15 is 0 Å². The Labute approximate surface area is 135 Å². The number of benzene rings is 1. The maximum Gasteiger partial charge on any atom is 0.194 e. The number of hydrogen-bond donors (Lipinski definition) is 1. The summed E-state index contributed by atoms with van der Waals surface area (Å²) < 4.78 is 2.27. The van der Waals surface area contributed by atoms with Gasteiger partial charge >= 0.3 is 0 Å². The number of hydrogen-bond acceptors (Lipinski definition) is 3. The fourth-order valence-corrected chi connectivity index (χ4v) is 4.54. The second-order valence-corrected chi connectivity index (χ2v) is 7.40. The second-order valence-electron chi connectivity index (χ2n) is 6.22. The van der Waals surface area contributed by atoms with Crippen LogP contribution in [0, 0.1) is 13.8 Å². The van der Waals surface area contributed by atoms with Gasteiger partial charge in [-0.05, 0) is 45.3 Å². The van der Waals surface area contributed by atoms with Crippen molar-refractivity contribution >= 4 is 16.3 Å². The van der Waals surface area contributed by atoms with Crippen molar-refractivity contribution in [2.45, 2.75) is 32.1 Å². The van der Waals surface area contributed by atoms with E-state index in [9.17, 15) is 0 Å². The lowest BCUT2D eigenvalue weighted by atomic mass is 9.71. The lowest BCUT2D eigenvalue weighted by molar-refractivity contribution is 0.355. The van der Waals surface area contributed by atoms with Crippen molar-refractivity contribution in [1.82, 2.24) is 14.7 Å². The predicted octanol–water partition coefficient (Wildman–Crippen LogP) is 3.68. The van der Waals surface area contributed by atoms with Crippen LogP contribution in [0.3, 0.4) is 0 Å². The highest BCUT2D eigenvalue weighted by Gasteiger charge is 2.38. The number of aryl methyl sites for hydroxylation is 2. The molecule has 1 fully saturated rings. The molecule has 3 nitrogen and oxygen atoms in total. The molecule has 0 radical (unpaired) electrons. The van der Waals surface area contributed by atoms with E-state index in [0.29, 0.717) is 0 Å². The van der Waals surface area contributed by atoms with Crippen molar-refractivity contribution in [3.8, 4) is 0 Å². The summed E-state index contributed by atoms with van der Waals surface area (Å²) in [4.78, 5) is 7.50. The summed E-state index contributed by atoms with van der Waals surface area (Å²) in [5.74, 6) is 0. The van der Waals surface area contributed by atoms with Crippen molar-refractivity contribution in [2.24, 2.45) is 0 Å². The monoisotopic (exact) mass is 311 g/mol. The van der Waals surface area contributed by atoms with Gasteiger partial charge in [-0.25, -0.2) is 4.98 Å². The van der Waals surface area contributed by atoms with Gasteiger partial charge in [0.1, 0.15) is 0 Å². The van der Waals surface area contributed by atoms with Crippen LogP contribution >= 0.6 is 11.3 Å². The Morgan fingerprint density at radius 2 is 1.86 bits per heavy atom. The van der Waals surface area contributed by atoms with E-state index in [-0.39, 0.29) is 5.41 Å². The van der Waals surface area contributed by atoms with E-state index < -0.39 is 0 Å². The number of piperidine rings is 1. The number of rotatable bonds is 2. The molecule has 3 aromatic rings. The molecule has 114 valence electrons. The van der Waals surface area contributed by atoms with Gasteiger partial charge in [-0.15, -0.1) is 11.3 Å². The molecule has 0 unspecified atom stereocenters. The number of nitrogens with one attached hydrogen (secondary N) is 1. The molecule has 1 saturated heterocycles. The topological polar surface area (TPSA) is 29.3 Å². The predicted molar refractivity (Wildman–Crippen MR) is 91.9 cm³/mol. The summed E-state index contributed by atoms with van der Waals surface area (Å²) >= 11 is 1.79. The molecule has 1 N–H and O–H groups in total. The maximum atomic E-state index is 5.02. The first-order valence-electron chi connectivity index (χ1n) is 7.92. The summed E-state index contributed by atoms with van der Waals surface area (Å²) in [7, 11) is 0. The van der Waals surface area contributed by atoms with E-state index in [0.717, 1.165) is 30.9 Å². The molecule has 1 aliphatic rings. The highest BCUT2D eigenvalue weighted by molar-refractivity contribution is 7.17. The van der Waals surface area contributed by atoms with E-state index in [1.165, 1.54) is 21.8 Å². The number of fused-ring (bicyclic) bond motifs is 1. The molecule has 3 heterocycles. The molecule has 1 aliphatic heterocycles. The van der Waals surface area contributed by atoms with Gasteiger partial charge in [0.2, 0.25) is 0 Å². The zero-order chi connectivity index (χ0) is 15.2. The summed E-state index contributed by atoms with van der Waals surface area (Å²) in [6, 6.07) is 10.9. The zero-order valence-electron chi connectivity index (χ0n) is 13.1. The van der Waals surface area contributed by atoms with Crippen molar-refractivity contribution < 1.29 is 0 Å². The van der Waals surface area contributed by atoms with Crippen LogP contribution < -0.4 is 5.32 Å². The van der Waals surface area contributed by atoms with Gasteiger partial charge in [-0.3, -0.25) is 4.40 Å². The summed E-state index contributed by atoms with van der Waals surface area (Å²) in [6.45, 7) is 6.46. The third-order valence-corrected chi connectivity index (χ3v) is 6.13. The summed E-state index contributed by atoms with van der Waals surface area (Å²) in [6.07, 6.45) is 4.49. The molecule has 0 atom stereocenters. The molecule has 1 aromatic carbocycles. The third kappa shape index (κ3) is 2.02. The average Bonchev–Trinajstić information content (AvgIpc) is 3.10. The molecule has 2 aromatic heterocycles. The first kappa shape index (κ1) is 14.0. The minimum atomic E-state index is 0.0542. The Morgan fingerprint density at radius 3 is 2.55 bits per heavy atom. The highest BCUT2D eigenvalue weighted by atomic mass is 32.1. The molecule has 0 saturated carbocycles. The smallest absolute Gasteiger partial charge is 0.194 e. The Bertz CT molecular complexity index is 794. The average molecular weight is 311 g/mol. The summed E-state index contributed by atoms with van der Waals surface area (Å²) in [5, 5.41) is 3.50. The standard InChI is InChI=1S/C18H21N3S/c1-13-14(2)22-17-20-16(12-21(13)17)18(8-10-19-11-9-18)15-6-4-3-5-7-15/h3-7,12,19H,8-11H2,1-2H3. The highest BCUT2D eigenvalue weighted by Crippen LogP contribution is 2.40. The first-order chi connectivity index (χ1) is 10.7. The lowest BCUT2D eigenvalue weighted by Gasteiger charge is -2.37. The van der Waals surface area contributed by atoms with E-state index in [4.69, 9.17) is 4.98 Å². The molecule has 0 amide bonds. The SMILES string of the molecule is Cc1sc2nc(C3(c4ccccc4)CCNCC3)cn2c1C. The van der Waals surface area contributed by atoms with Crippen LogP contribution in [0.4, 0.5) is 0 Å². The van der Waals surface area contributed by atoms with E-state index in [1.807, 2.05) is 0 Å². The number of thiazole rings is 1. The normalized spacial score (nSPS) is 17.9. The minimum absolute atomic E-state index is 0.0542. The Balaban J connectivity index is 1.89. The lowest BCUT2D eigenvalue weighted by Crippen LogP contribution is -2.41. The number of aromatic nitrogens is 2. The molecule has 22 heavy (non-hydrogen) atoms. The molecule has 4 heteroatoms. The Kier molecular flexibility index (Phi) is 3.31. The van der Waals surface area contributed by atoms with Crippen LogP contribution in [0.15, 0.2) is 36.5 Å². The molecule has 0 bridgehead atoms. The van der Waals surface area contributed by atoms with E-state index in [1.54, 1.807) is 11.3 Å². The van der Waals surface area contributed by atoms with Crippen molar-refractivity contribution in [3.05, 3.63) is 58.4 Å². The zero-order valence-corrected chi connectivity index (χ0v) is 13.9. The second kappa shape index (κ2) is 5.21. The first-order valence-corrected chi connectivity index (χ1v) is 8.74. The Hall–Kier alpha value is -1.65. The fourth-order valence-electron chi connectivity index (χ4n) is 3.59. The fraction of sp³-hybridized carbons (Fsp3) is 0.389. The third-order valence-electron chi connectivity index (χ3n) is 5.06. The van der Waals surface area contributed by atoms with Crippen molar-refractivity contribution in [2.75, 3.05) is 13.1 Å². The maximum absolute atomic E-state index is 5.02. The minimum Gasteiger partial charge on any atom is -0.317 e. The molecular weight excluding hydrogens is 290 g/mol. The molecule has 0 spiro atoms. The van der Waals surface area contributed by atoms with Gasteiger partial charge in [0.15, 0.2) is 4.96 Å². The van der Waals surface area contributed by atoms with Gasteiger partial charge < -0.3 is 5.32 Å². The van der Waals surface area contributed by atoms with Crippen LogP contribution in [0.25, 0.3) is 4.96 Å². The van der Waals surface area contributed by atoms with Crippen molar-refractivity contribution in [3.63, 3.8) is 0 Å². The number of nitrogens with zero attached hydrogens (tertiary/aromatic N) is 2. The van der Waals surface area contributed by atoms with Crippen LogP contribution in [-0.4, -0.2) is 22.5 Å². The van der Waals surface area contributed by atoms with Gasteiger partial charge in [-0.2, -0.15) is 0 Å². The summed E-state index contributed by atoms with van der Waals surface area (Å²) in [5.41, 5.74) is 4.00. The van der Waals surface area contributed by atoms with Crippen LogP contribution in [0.5, 0.6) is 0 Å². The Morgan fingerprint density at radius 1 is 1.14 bits per heavy atom. The molecule has 4 rings (SSSR count).